The second kappa shape index (κ2) is 7.47. The number of aromatic nitrogens is 1. The Bertz CT molecular complexity index is 755. The number of carbonyl (C=O) groups excluding carboxylic acids is 2. The fraction of sp³-hybridized carbons (Fsp3) is 0.350. The average molecular weight is 337 g/mol. The van der Waals surface area contributed by atoms with Gasteiger partial charge in [-0.25, -0.2) is 0 Å². The van der Waals surface area contributed by atoms with Crippen LogP contribution in [0.2, 0.25) is 0 Å². The summed E-state index contributed by atoms with van der Waals surface area (Å²) in [5.74, 6) is -0.0493. The third kappa shape index (κ3) is 4.05. The molecule has 2 N–H and O–H groups in total. The van der Waals surface area contributed by atoms with Gasteiger partial charge in [0.25, 0.3) is 0 Å². The summed E-state index contributed by atoms with van der Waals surface area (Å²) < 4.78 is 0. The van der Waals surface area contributed by atoms with Crippen LogP contribution in [0.15, 0.2) is 48.8 Å². The lowest BCUT2D eigenvalue weighted by molar-refractivity contribution is -0.124. The molecule has 5 heteroatoms. The van der Waals surface area contributed by atoms with Crippen LogP contribution in [-0.2, 0) is 21.5 Å². The van der Waals surface area contributed by atoms with E-state index in [1.54, 1.807) is 12.4 Å². The van der Waals surface area contributed by atoms with Gasteiger partial charge in [-0.1, -0.05) is 30.3 Å². The molecule has 2 aromatic rings. The standard InChI is InChI=1S/C20H23N3O2/c1-15-5-2-3-7-17(15)20(9-10-20)19(25)22-12-8-18(24)23-14-16-6-4-11-21-13-16/h2-7,11,13H,8-10,12,14H2,1H3,(H,22,25)(H,23,24). The Hall–Kier alpha value is -2.69. The summed E-state index contributed by atoms with van der Waals surface area (Å²) in [6, 6.07) is 11.8. The van der Waals surface area contributed by atoms with E-state index in [1.807, 2.05) is 43.3 Å². The van der Waals surface area contributed by atoms with Crippen LogP contribution in [0.4, 0.5) is 0 Å². The van der Waals surface area contributed by atoms with Crippen molar-refractivity contribution in [2.45, 2.75) is 38.1 Å². The SMILES string of the molecule is Cc1ccccc1C1(C(=O)NCCC(=O)NCc2cccnc2)CC1. The Labute approximate surface area is 147 Å². The molecule has 0 radical (unpaired) electrons. The molecule has 1 aromatic heterocycles. The van der Waals surface area contributed by atoms with E-state index < -0.39 is 5.41 Å². The van der Waals surface area contributed by atoms with Crippen LogP contribution < -0.4 is 10.6 Å². The van der Waals surface area contributed by atoms with Gasteiger partial charge in [0.2, 0.25) is 11.8 Å². The molecule has 130 valence electrons. The summed E-state index contributed by atoms with van der Waals surface area (Å²) in [6.07, 6.45) is 5.44. The van der Waals surface area contributed by atoms with Crippen LogP contribution in [0, 0.1) is 6.92 Å². The van der Waals surface area contributed by atoms with Gasteiger partial charge in [0, 0.05) is 31.9 Å². The van der Waals surface area contributed by atoms with Gasteiger partial charge in [-0.05, 0) is 42.5 Å². The highest BCUT2D eigenvalue weighted by atomic mass is 16.2. The zero-order chi connectivity index (χ0) is 17.7. The summed E-state index contributed by atoms with van der Waals surface area (Å²) in [6.45, 7) is 2.84. The predicted octanol–water partition coefficient (Wildman–Crippen LogP) is 2.24. The van der Waals surface area contributed by atoms with Gasteiger partial charge >= 0.3 is 0 Å². The highest BCUT2D eigenvalue weighted by Gasteiger charge is 2.51. The summed E-state index contributed by atoms with van der Waals surface area (Å²) in [5, 5.41) is 5.77. The van der Waals surface area contributed by atoms with Crippen molar-refractivity contribution in [1.82, 2.24) is 15.6 Å². The number of nitrogens with one attached hydrogen (secondary N) is 2. The zero-order valence-corrected chi connectivity index (χ0v) is 14.4. The van der Waals surface area contributed by atoms with E-state index in [9.17, 15) is 9.59 Å². The number of carbonyl (C=O) groups is 2. The van der Waals surface area contributed by atoms with Crippen LogP contribution in [0.3, 0.4) is 0 Å². The number of aryl methyl sites for hydroxylation is 1. The first kappa shape index (κ1) is 17.1. The van der Waals surface area contributed by atoms with Crippen molar-refractivity contribution < 1.29 is 9.59 Å². The summed E-state index contributed by atoms with van der Waals surface area (Å²) in [5.41, 5.74) is 2.81. The predicted molar refractivity (Wildman–Crippen MR) is 95.8 cm³/mol. The lowest BCUT2D eigenvalue weighted by Gasteiger charge is -2.18. The van der Waals surface area contributed by atoms with Crippen LogP contribution >= 0.6 is 0 Å². The monoisotopic (exact) mass is 337 g/mol. The molecule has 1 heterocycles. The Morgan fingerprint density at radius 1 is 1.12 bits per heavy atom. The van der Waals surface area contributed by atoms with Crippen LogP contribution in [0.1, 0.15) is 36.0 Å². The highest BCUT2D eigenvalue weighted by molar-refractivity contribution is 5.92. The third-order valence-corrected chi connectivity index (χ3v) is 4.70. The maximum atomic E-state index is 12.6. The van der Waals surface area contributed by atoms with Crippen molar-refractivity contribution in [3.8, 4) is 0 Å². The minimum atomic E-state index is -0.391. The number of benzene rings is 1. The molecule has 0 atom stereocenters. The van der Waals surface area contributed by atoms with Crippen LogP contribution in [0.5, 0.6) is 0 Å². The molecule has 5 nitrogen and oxygen atoms in total. The van der Waals surface area contributed by atoms with Gasteiger partial charge < -0.3 is 10.6 Å². The van der Waals surface area contributed by atoms with Crippen molar-refractivity contribution in [3.05, 3.63) is 65.5 Å². The van der Waals surface area contributed by atoms with Crippen LogP contribution in [-0.4, -0.2) is 23.3 Å². The fourth-order valence-corrected chi connectivity index (χ4v) is 3.10. The second-order valence-electron chi connectivity index (χ2n) is 6.54. The molecular weight excluding hydrogens is 314 g/mol. The van der Waals surface area contributed by atoms with E-state index >= 15 is 0 Å². The van der Waals surface area contributed by atoms with Crippen LogP contribution in [0.25, 0.3) is 0 Å². The Morgan fingerprint density at radius 3 is 2.60 bits per heavy atom. The number of rotatable bonds is 7. The lowest BCUT2D eigenvalue weighted by Crippen LogP contribution is -2.37. The average Bonchev–Trinajstić information content (AvgIpc) is 3.43. The summed E-state index contributed by atoms with van der Waals surface area (Å²) in [4.78, 5) is 28.5. The van der Waals surface area contributed by atoms with Gasteiger partial charge in [-0.3, -0.25) is 14.6 Å². The van der Waals surface area contributed by atoms with Gasteiger partial charge in [-0.15, -0.1) is 0 Å². The van der Waals surface area contributed by atoms with E-state index in [0.717, 1.165) is 29.5 Å². The van der Waals surface area contributed by atoms with E-state index in [0.29, 0.717) is 13.1 Å². The number of nitrogens with zero attached hydrogens (tertiary/aromatic N) is 1. The lowest BCUT2D eigenvalue weighted by atomic mass is 9.91. The van der Waals surface area contributed by atoms with Crippen molar-refractivity contribution >= 4 is 11.8 Å². The fourth-order valence-electron chi connectivity index (χ4n) is 3.10. The number of amides is 2. The Balaban J connectivity index is 1.45. The van der Waals surface area contributed by atoms with Crippen molar-refractivity contribution in [2.75, 3.05) is 6.54 Å². The molecule has 0 spiro atoms. The molecule has 1 saturated carbocycles. The molecule has 25 heavy (non-hydrogen) atoms. The third-order valence-electron chi connectivity index (χ3n) is 4.70. The number of hydrogen-bond acceptors (Lipinski definition) is 3. The normalized spacial score (nSPS) is 14.6. The van der Waals surface area contributed by atoms with Gasteiger partial charge in [0.15, 0.2) is 0 Å². The molecule has 0 bridgehead atoms. The van der Waals surface area contributed by atoms with Gasteiger partial charge in [0.1, 0.15) is 0 Å². The molecule has 1 aromatic carbocycles. The molecule has 1 fully saturated rings. The van der Waals surface area contributed by atoms with Gasteiger partial charge in [0.05, 0.1) is 5.41 Å². The maximum Gasteiger partial charge on any atom is 0.230 e. The molecular formula is C20H23N3O2. The first-order valence-electron chi connectivity index (χ1n) is 8.62. The first-order chi connectivity index (χ1) is 12.1. The second-order valence-corrected chi connectivity index (χ2v) is 6.54. The molecule has 3 rings (SSSR count). The highest BCUT2D eigenvalue weighted by Crippen LogP contribution is 2.49. The summed E-state index contributed by atoms with van der Waals surface area (Å²) in [7, 11) is 0. The van der Waals surface area contributed by atoms with Crippen molar-refractivity contribution in [1.29, 1.82) is 0 Å². The molecule has 0 unspecified atom stereocenters. The van der Waals surface area contributed by atoms with E-state index in [2.05, 4.69) is 15.6 Å². The molecule has 1 aliphatic carbocycles. The molecule has 2 amide bonds. The molecule has 0 saturated heterocycles. The van der Waals surface area contributed by atoms with Crippen molar-refractivity contribution in [2.24, 2.45) is 0 Å². The number of pyridine rings is 1. The molecule has 0 aliphatic heterocycles. The number of hydrogen-bond donors (Lipinski definition) is 2. The van der Waals surface area contributed by atoms with E-state index in [-0.39, 0.29) is 18.2 Å². The smallest absolute Gasteiger partial charge is 0.230 e. The topological polar surface area (TPSA) is 71.1 Å². The first-order valence-corrected chi connectivity index (χ1v) is 8.62. The molecule has 1 aliphatic rings. The minimum absolute atomic E-state index is 0.0295. The minimum Gasteiger partial charge on any atom is -0.355 e. The Kier molecular flexibility index (Phi) is 5.12. The summed E-state index contributed by atoms with van der Waals surface area (Å²) >= 11 is 0. The van der Waals surface area contributed by atoms with E-state index in [1.165, 1.54) is 0 Å². The maximum absolute atomic E-state index is 12.6. The zero-order valence-electron chi connectivity index (χ0n) is 14.4. The quantitative estimate of drug-likeness (QED) is 0.814. The largest absolute Gasteiger partial charge is 0.355 e. The van der Waals surface area contributed by atoms with E-state index in [4.69, 9.17) is 0 Å². The van der Waals surface area contributed by atoms with Gasteiger partial charge in [-0.2, -0.15) is 0 Å². The van der Waals surface area contributed by atoms with Crippen molar-refractivity contribution in [3.63, 3.8) is 0 Å². The Morgan fingerprint density at radius 2 is 1.92 bits per heavy atom.